The van der Waals surface area contributed by atoms with Crippen molar-refractivity contribution in [1.29, 1.82) is 0 Å². The van der Waals surface area contributed by atoms with Gasteiger partial charge in [-0.05, 0) is 25.1 Å². The number of alkyl halides is 1. The van der Waals surface area contributed by atoms with E-state index in [1.165, 1.54) is 30.5 Å². The minimum absolute atomic E-state index is 0.0964. The number of aryl methyl sites for hydroxylation is 1. The van der Waals surface area contributed by atoms with E-state index >= 15 is 0 Å². The average molecular weight is 499 g/mol. The molecule has 0 bridgehead atoms. The van der Waals surface area contributed by atoms with E-state index in [2.05, 4.69) is 15.9 Å². The smallest absolute Gasteiger partial charge is 0.275 e. The predicted octanol–water partition coefficient (Wildman–Crippen LogP) is 5.68. The molecule has 2 heterocycles. The van der Waals surface area contributed by atoms with Crippen LogP contribution in [0.5, 0.6) is 11.5 Å². The van der Waals surface area contributed by atoms with Gasteiger partial charge in [0.25, 0.3) is 15.7 Å². The van der Waals surface area contributed by atoms with Gasteiger partial charge in [0.15, 0.2) is 0 Å². The first-order chi connectivity index (χ1) is 14.8. The first kappa shape index (κ1) is 19.8. The molecule has 0 amide bonds. The van der Waals surface area contributed by atoms with E-state index in [1.54, 1.807) is 18.2 Å². The molecule has 0 radical (unpaired) electrons. The van der Waals surface area contributed by atoms with Crippen molar-refractivity contribution in [3.63, 3.8) is 0 Å². The molecular weight excluding hydrogens is 484 g/mol. The van der Waals surface area contributed by atoms with Gasteiger partial charge in [0, 0.05) is 28.8 Å². The average Bonchev–Trinajstić information content (AvgIpc) is 3.09. The number of hydrogen-bond acceptors (Lipinski definition) is 5. The summed E-state index contributed by atoms with van der Waals surface area (Å²) < 4.78 is 34.1. The molecular formula is C22H15BrN2O5S. The number of hydrogen-bond donors (Lipinski definition) is 0. The van der Waals surface area contributed by atoms with Gasteiger partial charge >= 0.3 is 0 Å². The lowest BCUT2D eigenvalue weighted by Crippen LogP contribution is -2.12. The molecule has 1 atom stereocenters. The molecule has 4 aromatic rings. The zero-order chi connectivity index (χ0) is 21.9. The van der Waals surface area contributed by atoms with E-state index < -0.39 is 14.9 Å². The maximum absolute atomic E-state index is 13.5. The molecule has 1 aliphatic rings. The Morgan fingerprint density at radius 1 is 1.03 bits per heavy atom. The van der Waals surface area contributed by atoms with E-state index in [1.807, 2.05) is 25.1 Å². The van der Waals surface area contributed by atoms with Crippen molar-refractivity contribution in [3.05, 3.63) is 93.7 Å². The van der Waals surface area contributed by atoms with Crippen molar-refractivity contribution >= 4 is 42.5 Å². The summed E-state index contributed by atoms with van der Waals surface area (Å²) in [7, 11) is -4.00. The Labute approximate surface area is 186 Å². The molecule has 0 N–H and O–H groups in total. The Balaban J connectivity index is 1.85. The quantitative estimate of drug-likeness (QED) is 0.205. The standard InChI is InChI=1S/C22H15BrN2O5S/c1-13-6-8-15(9-7-13)31(28,29)24-12-17-21-18(24)10-14(25(26)27)11-20(21)30-19-5-3-2-4-16(19)22(17)23/h2-12,22H,1H3. The minimum atomic E-state index is -4.00. The third-order valence-corrected chi connectivity index (χ3v) is 8.00. The fraction of sp³-hybridized carbons (Fsp3) is 0.0909. The SMILES string of the molecule is Cc1ccc(S(=O)(=O)n2cc3c4c(cc([N+](=O)[O-])cc42)Oc2ccccc2C3Br)cc1. The fourth-order valence-corrected chi connectivity index (χ4v) is 5.87. The highest BCUT2D eigenvalue weighted by atomic mass is 79.9. The fourth-order valence-electron chi connectivity index (χ4n) is 3.78. The van der Waals surface area contributed by atoms with Gasteiger partial charge in [-0.2, -0.15) is 0 Å². The number of nitro groups is 1. The van der Waals surface area contributed by atoms with Gasteiger partial charge in [-0.1, -0.05) is 51.8 Å². The Morgan fingerprint density at radius 3 is 2.45 bits per heavy atom. The van der Waals surface area contributed by atoms with Gasteiger partial charge in [0.1, 0.15) is 11.5 Å². The summed E-state index contributed by atoms with van der Waals surface area (Å²) in [4.78, 5) is 10.8. The van der Waals surface area contributed by atoms with Crippen molar-refractivity contribution in [2.45, 2.75) is 16.6 Å². The van der Waals surface area contributed by atoms with Gasteiger partial charge in [-0.3, -0.25) is 10.1 Å². The van der Waals surface area contributed by atoms with Gasteiger partial charge in [0.05, 0.1) is 26.2 Å². The summed E-state index contributed by atoms with van der Waals surface area (Å²) in [6.07, 6.45) is 1.51. The number of rotatable bonds is 3. The van der Waals surface area contributed by atoms with Crippen LogP contribution in [0.1, 0.15) is 21.5 Å². The van der Waals surface area contributed by atoms with Gasteiger partial charge in [-0.15, -0.1) is 0 Å². The Hall–Kier alpha value is -3.17. The topological polar surface area (TPSA) is 91.4 Å². The van der Waals surface area contributed by atoms with E-state index in [9.17, 15) is 18.5 Å². The number of benzene rings is 3. The molecule has 1 aliphatic heterocycles. The number of non-ortho nitro benzene ring substituents is 1. The Bertz CT molecular complexity index is 1480. The highest BCUT2D eigenvalue weighted by molar-refractivity contribution is 9.09. The van der Waals surface area contributed by atoms with E-state index in [0.717, 1.165) is 15.1 Å². The number of aromatic nitrogens is 1. The summed E-state index contributed by atoms with van der Waals surface area (Å²) in [5.41, 5.74) is 2.32. The molecule has 0 fully saturated rings. The molecule has 0 saturated heterocycles. The molecule has 1 unspecified atom stereocenters. The molecule has 0 saturated carbocycles. The lowest BCUT2D eigenvalue weighted by atomic mass is 10.0. The maximum atomic E-state index is 13.5. The van der Waals surface area contributed by atoms with Crippen LogP contribution in [0, 0.1) is 17.0 Å². The number of nitro benzene ring substituents is 1. The van der Waals surface area contributed by atoms with Gasteiger partial charge < -0.3 is 4.74 Å². The molecule has 9 heteroatoms. The number of halogens is 1. The second kappa shape index (κ2) is 6.93. The third kappa shape index (κ3) is 3.03. The normalized spacial score (nSPS) is 15.2. The summed E-state index contributed by atoms with van der Waals surface area (Å²) in [5, 5.41) is 12.1. The zero-order valence-corrected chi connectivity index (χ0v) is 18.6. The molecule has 0 aliphatic carbocycles. The second-order valence-electron chi connectivity index (χ2n) is 7.30. The lowest BCUT2D eigenvalue weighted by Gasteiger charge is -2.12. The molecule has 31 heavy (non-hydrogen) atoms. The van der Waals surface area contributed by atoms with E-state index in [-0.39, 0.29) is 26.7 Å². The van der Waals surface area contributed by atoms with Crippen molar-refractivity contribution < 1.29 is 18.1 Å². The molecule has 0 spiro atoms. The van der Waals surface area contributed by atoms with Crippen LogP contribution in [-0.4, -0.2) is 17.3 Å². The van der Waals surface area contributed by atoms with Crippen molar-refractivity contribution in [2.24, 2.45) is 0 Å². The molecule has 156 valence electrons. The Morgan fingerprint density at radius 2 is 1.74 bits per heavy atom. The Kier molecular flexibility index (Phi) is 4.42. The number of para-hydroxylation sites is 1. The van der Waals surface area contributed by atoms with Gasteiger partial charge in [0.2, 0.25) is 0 Å². The highest BCUT2D eigenvalue weighted by Crippen LogP contribution is 2.49. The molecule has 1 aromatic heterocycles. The third-order valence-electron chi connectivity index (χ3n) is 5.32. The number of nitrogens with zero attached hydrogens (tertiary/aromatic N) is 2. The van der Waals surface area contributed by atoms with Crippen LogP contribution >= 0.6 is 15.9 Å². The van der Waals surface area contributed by atoms with Crippen LogP contribution in [0.2, 0.25) is 0 Å². The lowest BCUT2D eigenvalue weighted by molar-refractivity contribution is -0.384. The second-order valence-corrected chi connectivity index (χ2v) is 10.0. The van der Waals surface area contributed by atoms with Crippen molar-refractivity contribution in [3.8, 4) is 11.5 Å². The molecule has 3 aromatic carbocycles. The molecule has 5 rings (SSSR count). The number of ether oxygens (including phenoxy) is 1. The zero-order valence-electron chi connectivity index (χ0n) is 16.2. The minimum Gasteiger partial charge on any atom is -0.456 e. The highest BCUT2D eigenvalue weighted by Gasteiger charge is 2.32. The van der Waals surface area contributed by atoms with Crippen molar-refractivity contribution in [1.82, 2.24) is 3.97 Å². The molecule has 7 nitrogen and oxygen atoms in total. The van der Waals surface area contributed by atoms with Crippen LogP contribution in [0.15, 0.2) is 71.8 Å². The number of fused-ring (bicyclic) bond motifs is 1. The van der Waals surface area contributed by atoms with Crippen LogP contribution < -0.4 is 4.74 Å². The van der Waals surface area contributed by atoms with E-state index in [0.29, 0.717) is 16.7 Å². The summed E-state index contributed by atoms with van der Waals surface area (Å²) in [5.74, 6) is 0.793. The van der Waals surface area contributed by atoms with Crippen molar-refractivity contribution in [2.75, 3.05) is 0 Å². The summed E-state index contributed by atoms with van der Waals surface area (Å²) >= 11 is 3.67. The van der Waals surface area contributed by atoms with Gasteiger partial charge in [-0.25, -0.2) is 12.4 Å². The van der Waals surface area contributed by atoms with Crippen LogP contribution in [0.3, 0.4) is 0 Å². The summed E-state index contributed by atoms with van der Waals surface area (Å²) in [6, 6.07) is 16.4. The van der Waals surface area contributed by atoms with E-state index in [4.69, 9.17) is 4.74 Å². The maximum Gasteiger partial charge on any atom is 0.275 e. The predicted molar refractivity (Wildman–Crippen MR) is 120 cm³/mol. The monoisotopic (exact) mass is 498 g/mol. The largest absolute Gasteiger partial charge is 0.456 e. The van der Waals surface area contributed by atoms with Crippen LogP contribution in [0.4, 0.5) is 5.69 Å². The first-order valence-corrected chi connectivity index (χ1v) is 11.7. The van der Waals surface area contributed by atoms with Crippen LogP contribution in [0.25, 0.3) is 10.9 Å². The van der Waals surface area contributed by atoms with Crippen LogP contribution in [-0.2, 0) is 10.0 Å². The first-order valence-electron chi connectivity index (χ1n) is 9.34. The summed E-state index contributed by atoms with van der Waals surface area (Å²) in [6.45, 7) is 1.87.